The van der Waals surface area contributed by atoms with E-state index >= 15 is 0 Å². The summed E-state index contributed by atoms with van der Waals surface area (Å²) in [6.45, 7) is 9.87. The first-order valence-corrected chi connectivity index (χ1v) is 9.23. The first-order chi connectivity index (χ1) is 11.1. The Bertz CT molecular complexity index is 490. The predicted octanol–water partition coefficient (Wildman–Crippen LogP) is 5.05. The molecule has 3 nitrogen and oxygen atoms in total. The van der Waals surface area contributed by atoms with E-state index in [1.54, 1.807) is 0 Å². The highest BCUT2D eigenvalue weighted by molar-refractivity contribution is 6.29. The van der Waals surface area contributed by atoms with E-state index < -0.39 is 0 Å². The number of amides is 1. The lowest BCUT2D eigenvalue weighted by Gasteiger charge is -2.29. The summed E-state index contributed by atoms with van der Waals surface area (Å²) >= 11 is 5.87. The molecule has 1 amide bonds. The molecule has 4 heteroatoms. The quantitative estimate of drug-likeness (QED) is 0.441. The van der Waals surface area contributed by atoms with Gasteiger partial charge in [0.2, 0.25) is 5.91 Å². The molecule has 0 aromatic heterocycles. The second-order valence-corrected chi connectivity index (χ2v) is 6.24. The van der Waals surface area contributed by atoms with Gasteiger partial charge in [-0.15, -0.1) is 11.6 Å². The number of para-hydroxylation sites is 1. The molecule has 1 rings (SSSR count). The molecule has 0 heterocycles. The Labute approximate surface area is 146 Å². The predicted molar refractivity (Wildman–Crippen MR) is 98.8 cm³/mol. The van der Waals surface area contributed by atoms with E-state index in [1.807, 2.05) is 17.0 Å². The molecular weight excluding hydrogens is 310 g/mol. The summed E-state index contributed by atoms with van der Waals surface area (Å²) in [6.07, 6.45) is 3.96. The van der Waals surface area contributed by atoms with E-state index in [9.17, 15) is 4.79 Å². The summed E-state index contributed by atoms with van der Waals surface area (Å²) in [5.74, 6) is 1.13. The summed E-state index contributed by atoms with van der Waals surface area (Å²) in [4.78, 5) is 14.3. The normalized spacial score (nSPS) is 12.0. The average Bonchev–Trinajstić information content (AvgIpc) is 2.58. The van der Waals surface area contributed by atoms with Crippen LogP contribution in [0.4, 0.5) is 5.69 Å². The van der Waals surface area contributed by atoms with Crippen molar-refractivity contribution in [3.8, 4) is 5.75 Å². The molecule has 130 valence electrons. The minimum atomic E-state index is -0.0618. The molecule has 0 radical (unpaired) electrons. The zero-order chi connectivity index (χ0) is 17.2. The summed E-state index contributed by atoms with van der Waals surface area (Å²) in [6, 6.07) is 6.01. The Morgan fingerprint density at radius 3 is 2.61 bits per heavy atom. The van der Waals surface area contributed by atoms with Gasteiger partial charge in [-0.2, -0.15) is 0 Å². The van der Waals surface area contributed by atoms with E-state index in [-0.39, 0.29) is 11.8 Å². The number of unbranched alkanes of at least 4 members (excludes halogenated alkanes) is 1. The van der Waals surface area contributed by atoms with Gasteiger partial charge < -0.3 is 9.64 Å². The highest BCUT2D eigenvalue weighted by Gasteiger charge is 2.23. The molecule has 0 aliphatic heterocycles. The van der Waals surface area contributed by atoms with Crippen LogP contribution in [0.15, 0.2) is 18.2 Å². The van der Waals surface area contributed by atoms with Crippen molar-refractivity contribution in [3.63, 3.8) is 0 Å². The van der Waals surface area contributed by atoms with Gasteiger partial charge >= 0.3 is 0 Å². The fourth-order valence-electron chi connectivity index (χ4n) is 2.43. The number of ether oxygens (including phenoxy) is 1. The molecule has 0 N–H and O–H groups in total. The molecule has 1 unspecified atom stereocenters. The number of anilines is 1. The van der Waals surface area contributed by atoms with E-state index in [1.165, 1.54) is 0 Å². The number of carbonyl (C=O) groups excluding carboxylic acids is 1. The second-order valence-electron chi connectivity index (χ2n) is 5.97. The lowest BCUT2D eigenvalue weighted by Crippen LogP contribution is -2.36. The summed E-state index contributed by atoms with van der Waals surface area (Å²) < 4.78 is 5.97. The van der Waals surface area contributed by atoms with Crippen molar-refractivity contribution >= 4 is 23.2 Å². The molecule has 0 fully saturated rings. The van der Waals surface area contributed by atoms with Crippen molar-refractivity contribution in [2.24, 2.45) is 5.92 Å². The minimum Gasteiger partial charge on any atom is -0.491 e. The monoisotopic (exact) mass is 339 g/mol. The van der Waals surface area contributed by atoms with Crippen LogP contribution in [0.25, 0.3) is 0 Å². The van der Waals surface area contributed by atoms with Gasteiger partial charge in [-0.25, -0.2) is 0 Å². The SMILES string of the molecule is CCCCOc1cccc(CC)c1N(CC(C)CC)C(=O)CCl. The van der Waals surface area contributed by atoms with Crippen LogP contribution in [0.1, 0.15) is 52.5 Å². The third-order valence-electron chi connectivity index (χ3n) is 4.10. The maximum atomic E-state index is 12.5. The Morgan fingerprint density at radius 1 is 1.30 bits per heavy atom. The van der Waals surface area contributed by atoms with Crippen LogP contribution in [-0.2, 0) is 11.2 Å². The first kappa shape index (κ1) is 19.8. The fourth-order valence-corrected chi connectivity index (χ4v) is 2.58. The summed E-state index contributed by atoms with van der Waals surface area (Å²) in [5, 5.41) is 0. The average molecular weight is 340 g/mol. The molecule has 0 aliphatic carbocycles. The van der Waals surface area contributed by atoms with Crippen molar-refractivity contribution < 1.29 is 9.53 Å². The smallest absolute Gasteiger partial charge is 0.242 e. The number of benzene rings is 1. The number of rotatable bonds is 10. The molecule has 0 aliphatic rings. The highest BCUT2D eigenvalue weighted by atomic mass is 35.5. The lowest BCUT2D eigenvalue weighted by molar-refractivity contribution is -0.116. The van der Waals surface area contributed by atoms with Gasteiger partial charge in [0, 0.05) is 6.54 Å². The molecular formula is C19H30ClNO2. The fraction of sp³-hybridized carbons (Fsp3) is 0.632. The number of carbonyl (C=O) groups is 1. The van der Waals surface area contributed by atoms with Crippen molar-refractivity contribution in [2.45, 2.75) is 53.4 Å². The van der Waals surface area contributed by atoms with Crippen LogP contribution in [0, 0.1) is 5.92 Å². The van der Waals surface area contributed by atoms with Crippen LogP contribution in [0.3, 0.4) is 0 Å². The summed E-state index contributed by atoms with van der Waals surface area (Å²) in [5.41, 5.74) is 2.03. The number of hydrogen-bond acceptors (Lipinski definition) is 2. The van der Waals surface area contributed by atoms with Gasteiger partial charge in [0.1, 0.15) is 11.6 Å². The third kappa shape index (κ3) is 5.72. The molecule has 23 heavy (non-hydrogen) atoms. The number of halogens is 1. The van der Waals surface area contributed by atoms with Gasteiger partial charge in [-0.3, -0.25) is 4.79 Å². The standard InChI is InChI=1S/C19H30ClNO2/c1-5-8-12-23-17-11-9-10-16(7-3)19(17)21(18(22)13-20)14-15(4)6-2/h9-11,15H,5-8,12-14H2,1-4H3. The van der Waals surface area contributed by atoms with Crippen molar-refractivity contribution in [1.82, 2.24) is 0 Å². The molecule has 1 aromatic rings. The largest absolute Gasteiger partial charge is 0.491 e. The lowest BCUT2D eigenvalue weighted by atomic mass is 10.0. The van der Waals surface area contributed by atoms with E-state index in [4.69, 9.17) is 16.3 Å². The topological polar surface area (TPSA) is 29.5 Å². The number of hydrogen-bond donors (Lipinski definition) is 0. The van der Waals surface area contributed by atoms with Gasteiger partial charge in [0.25, 0.3) is 0 Å². The van der Waals surface area contributed by atoms with Gasteiger partial charge in [-0.1, -0.05) is 52.7 Å². The Hall–Kier alpha value is -1.22. The summed E-state index contributed by atoms with van der Waals surface area (Å²) in [7, 11) is 0. The highest BCUT2D eigenvalue weighted by Crippen LogP contribution is 2.34. The maximum Gasteiger partial charge on any atom is 0.242 e. The minimum absolute atomic E-state index is 0.0110. The van der Waals surface area contributed by atoms with Crippen molar-refractivity contribution in [3.05, 3.63) is 23.8 Å². The second kappa shape index (κ2) is 10.5. The van der Waals surface area contributed by atoms with Crippen LogP contribution < -0.4 is 9.64 Å². The number of alkyl halides is 1. The molecule has 1 atom stereocenters. The zero-order valence-electron chi connectivity index (χ0n) is 14.9. The molecule has 0 saturated heterocycles. The molecule has 0 bridgehead atoms. The van der Waals surface area contributed by atoms with E-state index in [2.05, 4.69) is 33.8 Å². The maximum absolute atomic E-state index is 12.5. The molecule has 0 spiro atoms. The van der Waals surface area contributed by atoms with Crippen molar-refractivity contribution in [1.29, 1.82) is 0 Å². The Kier molecular flexibility index (Phi) is 9.08. The van der Waals surface area contributed by atoms with Crippen LogP contribution in [0.2, 0.25) is 0 Å². The van der Waals surface area contributed by atoms with E-state index in [0.29, 0.717) is 19.1 Å². The number of aryl methyl sites for hydroxylation is 1. The van der Waals surface area contributed by atoms with Gasteiger partial charge in [0.05, 0.1) is 12.3 Å². The van der Waals surface area contributed by atoms with Crippen LogP contribution >= 0.6 is 11.6 Å². The van der Waals surface area contributed by atoms with Crippen molar-refractivity contribution in [2.75, 3.05) is 23.9 Å². The number of nitrogens with zero attached hydrogens (tertiary/aromatic N) is 1. The van der Waals surface area contributed by atoms with Crippen LogP contribution in [-0.4, -0.2) is 24.9 Å². The zero-order valence-corrected chi connectivity index (χ0v) is 15.7. The molecule has 0 saturated carbocycles. The third-order valence-corrected chi connectivity index (χ3v) is 4.32. The van der Waals surface area contributed by atoms with E-state index in [0.717, 1.165) is 42.7 Å². The Balaban J connectivity index is 3.22. The van der Waals surface area contributed by atoms with Gasteiger partial charge in [0.15, 0.2) is 0 Å². The van der Waals surface area contributed by atoms with Crippen LogP contribution in [0.5, 0.6) is 5.75 Å². The molecule has 1 aromatic carbocycles. The Morgan fingerprint density at radius 2 is 2.04 bits per heavy atom. The first-order valence-electron chi connectivity index (χ1n) is 8.69. The van der Waals surface area contributed by atoms with Gasteiger partial charge in [-0.05, 0) is 30.4 Å².